The number of fused-ring (bicyclic) bond motifs is 2. The van der Waals surface area contributed by atoms with Crippen LogP contribution in [0.2, 0.25) is 0 Å². The summed E-state index contributed by atoms with van der Waals surface area (Å²) in [5.74, 6) is -0.0426. The highest BCUT2D eigenvalue weighted by molar-refractivity contribution is 7.89. The molecule has 0 saturated carbocycles. The third kappa shape index (κ3) is 3.88. The van der Waals surface area contributed by atoms with Crippen LogP contribution in [0, 0.1) is 6.92 Å². The standard InChI is InChI=1S/C24H28N2O4S/c1-4-26(5-2)31(28,29)18-13-14-22-20(15-18)16(3)23(30-22)24(27)25-21-12-8-10-17-9-6-7-11-19(17)21/h6-7,9,11,13-15,21H,4-5,8,10,12H2,1-3H3,(H,25,27)/t21-/m1/s1. The molecule has 1 amide bonds. The van der Waals surface area contributed by atoms with Crippen molar-refractivity contribution in [2.45, 2.75) is 51.0 Å². The van der Waals surface area contributed by atoms with Gasteiger partial charge in [-0.3, -0.25) is 4.79 Å². The second-order valence-corrected chi connectivity index (χ2v) is 9.86. The molecule has 1 atom stereocenters. The zero-order valence-corrected chi connectivity index (χ0v) is 19.0. The van der Waals surface area contributed by atoms with E-state index >= 15 is 0 Å². The Morgan fingerprint density at radius 2 is 1.90 bits per heavy atom. The minimum Gasteiger partial charge on any atom is -0.451 e. The first-order valence-electron chi connectivity index (χ1n) is 10.8. The third-order valence-electron chi connectivity index (χ3n) is 6.13. The predicted octanol–water partition coefficient (Wildman–Crippen LogP) is 4.58. The van der Waals surface area contributed by atoms with Gasteiger partial charge in [0.2, 0.25) is 10.0 Å². The van der Waals surface area contributed by atoms with Gasteiger partial charge in [0.1, 0.15) is 5.58 Å². The van der Waals surface area contributed by atoms with E-state index in [2.05, 4.69) is 17.4 Å². The van der Waals surface area contributed by atoms with Crippen molar-refractivity contribution in [3.63, 3.8) is 0 Å². The number of carbonyl (C=O) groups excluding carboxylic acids is 1. The van der Waals surface area contributed by atoms with Crippen molar-refractivity contribution in [3.05, 3.63) is 64.9 Å². The van der Waals surface area contributed by atoms with Gasteiger partial charge in [0.05, 0.1) is 10.9 Å². The number of aryl methyl sites for hydroxylation is 2. The molecular weight excluding hydrogens is 412 g/mol. The Morgan fingerprint density at radius 3 is 2.65 bits per heavy atom. The molecule has 0 radical (unpaired) electrons. The maximum atomic E-state index is 13.1. The summed E-state index contributed by atoms with van der Waals surface area (Å²) in [6.45, 7) is 6.22. The highest BCUT2D eigenvalue weighted by atomic mass is 32.2. The molecule has 0 unspecified atom stereocenters. The zero-order chi connectivity index (χ0) is 22.2. The third-order valence-corrected chi connectivity index (χ3v) is 8.18. The van der Waals surface area contributed by atoms with E-state index in [1.165, 1.54) is 15.9 Å². The lowest BCUT2D eigenvalue weighted by Crippen LogP contribution is -2.31. The molecule has 4 rings (SSSR count). The molecule has 7 heteroatoms. The lowest BCUT2D eigenvalue weighted by Gasteiger charge is -2.26. The first-order valence-corrected chi connectivity index (χ1v) is 12.2. The van der Waals surface area contributed by atoms with Crippen LogP contribution in [0.5, 0.6) is 0 Å². The van der Waals surface area contributed by atoms with E-state index in [0.29, 0.717) is 29.6 Å². The highest BCUT2D eigenvalue weighted by Gasteiger charge is 2.27. The highest BCUT2D eigenvalue weighted by Crippen LogP contribution is 2.32. The molecule has 1 aromatic heterocycles. The second-order valence-electron chi connectivity index (χ2n) is 7.92. The molecule has 2 aromatic carbocycles. The van der Waals surface area contributed by atoms with Crippen LogP contribution in [0.15, 0.2) is 51.8 Å². The van der Waals surface area contributed by atoms with Crippen LogP contribution in [0.25, 0.3) is 11.0 Å². The van der Waals surface area contributed by atoms with Gasteiger partial charge in [-0.25, -0.2) is 8.42 Å². The van der Waals surface area contributed by atoms with Crippen LogP contribution >= 0.6 is 0 Å². The van der Waals surface area contributed by atoms with E-state index in [-0.39, 0.29) is 22.6 Å². The van der Waals surface area contributed by atoms with Gasteiger partial charge in [-0.2, -0.15) is 4.31 Å². The quantitative estimate of drug-likeness (QED) is 0.608. The summed E-state index contributed by atoms with van der Waals surface area (Å²) < 4.78 is 33.0. The van der Waals surface area contributed by atoms with Gasteiger partial charge in [-0.05, 0) is 55.5 Å². The van der Waals surface area contributed by atoms with E-state index in [1.54, 1.807) is 19.1 Å². The minimum absolute atomic E-state index is 0.0522. The van der Waals surface area contributed by atoms with Gasteiger partial charge in [0.25, 0.3) is 5.91 Å². The van der Waals surface area contributed by atoms with Crippen molar-refractivity contribution < 1.29 is 17.6 Å². The number of sulfonamides is 1. The average molecular weight is 441 g/mol. The molecule has 0 aliphatic heterocycles. The monoisotopic (exact) mass is 440 g/mol. The molecule has 1 N–H and O–H groups in total. The molecule has 6 nitrogen and oxygen atoms in total. The maximum absolute atomic E-state index is 13.1. The summed E-state index contributed by atoms with van der Waals surface area (Å²) in [5, 5.41) is 3.76. The lowest BCUT2D eigenvalue weighted by atomic mass is 9.87. The SMILES string of the molecule is CCN(CC)S(=O)(=O)c1ccc2oc(C(=O)N[C@@H]3CCCc4ccccc43)c(C)c2c1. The van der Waals surface area contributed by atoms with Crippen LogP contribution in [-0.4, -0.2) is 31.7 Å². The second kappa shape index (κ2) is 8.48. The van der Waals surface area contributed by atoms with Gasteiger partial charge in [-0.1, -0.05) is 38.1 Å². The number of benzene rings is 2. The Bertz CT molecular complexity index is 1230. The van der Waals surface area contributed by atoms with E-state index < -0.39 is 10.0 Å². The molecule has 0 spiro atoms. The number of carbonyl (C=O) groups is 1. The smallest absolute Gasteiger partial charge is 0.287 e. The summed E-state index contributed by atoms with van der Waals surface area (Å²) in [4.78, 5) is 13.3. The summed E-state index contributed by atoms with van der Waals surface area (Å²) in [5.41, 5.74) is 3.58. The Labute approximate surface area is 183 Å². The van der Waals surface area contributed by atoms with Crippen LogP contribution in [0.1, 0.15) is 60.0 Å². The molecule has 1 aliphatic rings. The summed E-state index contributed by atoms with van der Waals surface area (Å²) in [7, 11) is -3.59. The zero-order valence-electron chi connectivity index (χ0n) is 18.1. The van der Waals surface area contributed by atoms with Crippen molar-refractivity contribution in [2.75, 3.05) is 13.1 Å². The number of furan rings is 1. The van der Waals surface area contributed by atoms with Crippen molar-refractivity contribution in [2.24, 2.45) is 0 Å². The summed E-state index contributed by atoms with van der Waals surface area (Å²) in [6, 6.07) is 12.9. The van der Waals surface area contributed by atoms with Crippen LogP contribution < -0.4 is 5.32 Å². The van der Waals surface area contributed by atoms with Gasteiger partial charge in [0, 0.05) is 24.0 Å². The van der Waals surface area contributed by atoms with Gasteiger partial charge >= 0.3 is 0 Å². The van der Waals surface area contributed by atoms with E-state index in [1.807, 2.05) is 26.0 Å². The van der Waals surface area contributed by atoms with Crippen LogP contribution in [-0.2, 0) is 16.4 Å². The first kappa shape index (κ1) is 21.6. The molecule has 1 aliphatic carbocycles. The minimum atomic E-state index is -3.59. The van der Waals surface area contributed by atoms with Crippen LogP contribution in [0.3, 0.4) is 0 Å². The van der Waals surface area contributed by atoms with Crippen molar-refractivity contribution >= 4 is 26.9 Å². The summed E-state index contributed by atoms with van der Waals surface area (Å²) >= 11 is 0. The summed E-state index contributed by atoms with van der Waals surface area (Å²) in [6.07, 6.45) is 2.93. The molecule has 0 bridgehead atoms. The van der Waals surface area contributed by atoms with Gasteiger partial charge in [-0.15, -0.1) is 0 Å². The Morgan fingerprint density at radius 1 is 1.16 bits per heavy atom. The van der Waals surface area contributed by atoms with Gasteiger partial charge < -0.3 is 9.73 Å². The van der Waals surface area contributed by atoms with Crippen molar-refractivity contribution in [1.82, 2.24) is 9.62 Å². The number of hydrogen-bond donors (Lipinski definition) is 1. The number of nitrogens with one attached hydrogen (secondary N) is 1. The van der Waals surface area contributed by atoms with Crippen LogP contribution in [0.4, 0.5) is 0 Å². The number of hydrogen-bond acceptors (Lipinski definition) is 4. The molecule has 3 aromatic rings. The van der Waals surface area contributed by atoms with Crippen molar-refractivity contribution in [1.29, 1.82) is 0 Å². The maximum Gasteiger partial charge on any atom is 0.287 e. The topological polar surface area (TPSA) is 79.6 Å². The fraction of sp³-hybridized carbons (Fsp3) is 0.375. The Hall–Kier alpha value is -2.64. The number of amides is 1. The predicted molar refractivity (Wildman–Crippen MR) is 121 cm³/mol. The molecule has 31 heavy (non-hydrogen) atoms. The average Bonchev–Trinajstić information content (AvgIpc) is 3.11. The fourth-order valence-electron chi connectivity index (χ4n) is 4.42. The Kier molecular flexibility index (Phi) is 5.90. The fourth-order valence-corrected chi connectivity index (χ4v) is 5.90. The molecule has 0 fully saturated rings. The first-order chi connectivity index (χ1) is 14.9. The number of nitrogens with zero attached hydrogens (tertiary/aromatic N) is 1. The molecule has 164 valence electrons. The largest absolute Gasteiger partial charge is 0.451 e. The van der Waals surface area contributed by atoms with E-state index in [4.69, 9.17) is 4.42 Å². The van der Waals surface area contributed by atoms with E-state index in [9.17, 15) is 13.2 Å². The van der Waals surface area contributed by atoms with Crippen molar-refractivity contribution in [3.8, 4) is 0 Å². The lowest BCUT2D eigenvalue weighted by molar-refractivity contribution is 0.0906. The molecule has 0 saturated heterocycles. The van der Waals surface area contributed by atoms with Gasteiger partial charge in [0.15, 0.2) is 5.76 Å². The molecule has 1 heterocycles. The number of rotatable bonds is 6. The Balaban J connectivity index is 1.65. The van der Waals surface area contributed by atoms with E-state index in [0.717, 1.165) is 24.8 Å². The molecular formula is C24H28N2O4S. The normalized spacial score (nSPS) is 16.5.